The minimum absolute atomic E-state index is 0.0332. The molecule has 0 fully saturated rings. The van der Waals surface area contributed by atoms with E-state index in [0.29, 0.717) is 6.42 Å². The Hall–Kier alpha value is -3.23. The number of amides is 1. The second kappa shape index (κ2) is 9.06. The maximum absolute atomic E-state index is 12.8. The largest absolute Gasteiger partial charge is 0.471 e. The molecule has 1 unspecified atom stereocenters. The number of halogens is 3. The molecule has 1 aromatic carbocycles. The van der Waals surface area contributed by atoms with Crippen LogP contribution in [0.3, 0.4) is 0 Å². The van der Waals surface area contributed by atoms with Crippen molar-refractivity contribution >= 4 is 5.91 Å². The van der Waals surface area contributed by atoms with Crippen LogP contribution >= 0.6 is 0 Å². The van der Waals surface area contributed by atoms with E-state index in [4.69, 9.17) is 9.15 Å². The van der Waals surface area contributed by atoms with Crippen LogP contribution in [0.25, 0.3) is 0 Å². The zero-order valence-corrected chi connectivity index (χ0v) is 16.6. The number of rotatable bonds is 8. The van der Waals surface area contributed by atoms with Crippen LogP contribution in [0.5, 0.6) is 5.75 Å². The second-order valence-corrected chi connectivity index (χ2v) is 6.92. The van der Waals surface area contributed by atoms with Crippen LogP contribution in [0.2, 0.25) is 0 Å². The number of carbonyl (C=O) groups excluding carboxylic acids is 1. The van der Waals surface area contributed by atoms with Crippen LogP contribution in [-0.2, 0) is 19.3 Å². The zero-order chi connectivity index (χ0) is 21.7. The van der Waals surface area contributed by atoms with Crippen LogP contribution in [0.15, 0.2) is 59.3 Å². The molecular formula is C21H22F3N3O3. The number of aryl methyl sites for hydroxylation is 1. The predicted octanol–water partition coefficient (Wildman–Crippen LogP) is 4.62. The first-order valence-corrected chi connectivity index (χ1v) is 9.37. The number of nitrogens with zero attached hydrogens (tertiary/aromatic N) is 3. The Morgan fingerprint density at radius 1 is 1.27 bits per heavy atom. The summed E-state index contributed by atoms with van der Waals surface area (Å²) < 4.78 is 50.4. The van der Waals surface area contributed by atoms with Gasteiger partial charge in [-0.2, -0.15) is 18.3 Å². The lowest BCUT2D eigenvalue weighted by atomic mass is 10.1. The first-order chi connectivity index (χ1) is 14.2. The molecular weight excluding hydrogens is 399 g/mol. The summed E-state index contributed by atoms with van der Waals surface area (Å²) in [4.78, 5) is 14.3. The number of benzene rings is 1. The van der Waals surface area contributed by atoms with Gasteiger partial charge in [-0.05, 0) is 49.7 Å². The SMILES string of the molecule is CC(CCc1ccco1)N(C)C(=O)c1ccn(COc2cccc(C(F)(F)F)c2)n1. The van der Waals surface area contributed by atoms with Gasteiger partial charge in [0.25, 0.3) is 5.91 Å². The van der Waals surface area contributed by atoms with Crippen LogP contribution in [0.1, 0.15) is 35.2 Å². The van der Waals surface area contributed by atoms with Gasteiger partial charge in [0.15, 0.2) is 12.4 Å². The van der Waals surface area contributed by atoms with Gasteiger partial charge < -0.3 is 14.1 Å². The molecule has 3 rings (SSSR count). The van der Waals surface area contributed by atoms with E-state index in [-0.39, 0.29) is 30.1 Å². The van der Waals surface area contributed by atoms with Crippen LogP contribution in [-0.4, -0.2) is 33.7 Å². The molecule has 0 radical (unpaired) electrons. The van der Waals surface area contributed by atoms with E-state index in [9.17, 15) is 18.0 Å². The van der Waals surface area contributed by atoms with Gasteiger partial charge in [0, 0.05) is 25.7 Å². The average Bonchev–Trinajstić information content (AvgIpc) is 3.41. The Bertz CT molecular complexity index is 967. The highest BCUT2D eigenvalue weighted by molar-refractivity contribution is 5.92. The van der Waals surface area contributed by atoms with E-state index in [1.807, 2.05) is 19.1 Å². The Kier molecular flexibility index (Phi) is 6.49. The van der Waals surface area contributed by atoms with Crippen LogP contribution < -0.4 is 4.74 Å². The molecule has 0 N–H and O–H groups in total. The predicted molar refractivity (Wildman–Crippen MR) is 103 cm³/mol. The van der Waals surface area contributed by atoms with Gasteiger partial charge in [0.2, 0.25) is 0 Å². The third-order valence-corrected chi connectivity index (χ3v) is 4.75. The summed E-state index contributed by atoms with van der Waals surface area (Å²) in [7, 11) is 1.70. The lowest BCUT2D eigenvalue weighted by Gasteiger charge is -2.23. The smallest absolute Gasteiger partial charge is 0.416 e. The number of furan rings is 1. The third-order valence-electron chi connectivity index (χ3n) is 4.75. The molecule has 30 heavy (non-hydrogen) atoms. The van der Waals surface area contributed by atoms with Gasteiger partial charge in [0.1, 0.15) is 11.5 Å². The summed E-state index contributed by atoms with van der Waals surface area (Å²) in [6.45, 7) is 1.82. The van der Waals surface area contributed by atoms with Crippen molar-refractivity contribution in [3.05, 3.63) is 71.9 Å². The van der Waals surface area contributed by atoms with Gasteiger partial charge in [-0.1, -0.05) is 6.07 Å². The summed E-state index contributed by atoms with van der Waals surface area (Å²) in [6, 6.07) is 9.82. The topological polar surface area (TPSA) is 60.5 Å². The van der Waals surface area contributed by atoms with Crippen LogP contribution in [0, 0.1) is 0 Å². The Morgan fingerprint density at radius 3 is 2.77 bits per heavy atom. The Balaban J connectivity index is 1.55. The molecule has 0 saturated heterocycles. The van der Waals surface area contributed by atoms with E-state index >= 15 is 0 Å². The fraction of sp³-hybridized carbons (Fsp3) is 0.333. The molecule has 0 aliphatic rings. The maximum Gasteiger partial charge on any atom is 0.416 e. The van der Waals surface area contributed by atoms with Crippen molar-refractivity contribution < 1.29 is 27.1 Å². The van der Waals surface area contributed by atoms with Gasteiger partial charge in [-0.25, -0.2) is 4.68 Å². The number of carbonyl (C=O) groups is 1. The standard InChI is InChI=1S/C21H22F3N3O3/c1-15(8-9-17-7-4-12-29-17)26(2)20(28)19-10-11-27(25-19)14-30-18-6-3-5-16(13-18)21(22,23)24/h3-7,10-13,15H,8-9,14H2,1-2H3. The Labute approximate surface area is 171 Å². The molecule has 9 heteroatoms. The molecule has 1 atom stereocenters. The summed E-state index contributed by atoms with van der Waals surface area (Å²) in [5.41, 5.74) is -0.559. The lowest BCUT2D eigenvalue weighted by Crippen LogP contribution is -2.35. The first-order valence-electron chi connectivity index (χ1n) is 9.37. The highest BCUT2D eigenvalue weighted by atomic mass is 19.4. The molecule has 0 aliphatic carbocycles. The fourth-order valence-electron chi connectivity index (χ4n) is 2.83. The van der Waals surface area contributed by atoms with Crippen molar-refractivity contribution in [3.63, 3.8) is 0 Å². The summed E-state index contributed by atoms with van der Waals surface area (Å²) in [5.74, 6) is 0.676. The summed E-state index contributed by atoms with van der Waals surface area (Å²) in [5, 5.41) is 4.17. The number of aromatic nitrogens is 2. The second-order valence-electron chi connectivity index (χ2n) is 6.92. The molecule has 3 aromatic rings. The lowest BCUT2D eigenvalue weighted by molar-refractivity contribution is -0.137. The number of hydrogen-bond acceptors (Lipinski definition) is 4. The minimum Gasteiger partial charge on any atom is -0.471 e. The molecule has 6 nitrogen and oxygen atoms in total. The number of ether oxygens (including phenoxy) is 1. The van der Waals surface area contributed by atoms with Gasteiger partial charge in [-0.15, -0.1) is 0 Å². The quantitative estimate of drug-likeness (QED) is 0.532. The highest BCUT2D eigenvalue weighted by Crippen LogP contribution is 2.31. The highest BCUT2D eigenvalue weighted by Gasteiger charge is 2.30. The van der Waals surface area contributed by atoms with Gasteiger partial charge in [0.05, 0.1) is 11.8 Å². The van der Waals surface area contributed by atoms with Crippen molar-refractivity contribution in [2.45, 2.75) is 38.7 Å². The first kappa shape index (κ1) is 21.5. The van der Waals surface area contributed by atoms with Crippen molar-refractivity contribution in [1.29, 1.82) is 0 Å². The maximum atomic E-state index is 12.8. The fourth-order valence-corrected chi connectivity index (χ4v) is 2.83. The minimum atomic E-state index is -4.44. The zero-order valence-electron chi connectivity index (χ0n) is 16.6. The molecule has 0 aliphatic heterocycles. The normalized spacial score (nSPS) is 12.6. The molecule has 1 amide bonds. The number of hydrogen-bond donors (Lipinski definition) is 0. The monoisotopic (exact) mass is 421 g/mol. The summed E-state index contributed by atoms with van der Waals surface area (Å²) >= 11 is 0. The van der Waals surface area contributed by atoms with E-state index in [0.717, 1.165) is 24.3 Å². The molecule has 160 valence electrons. The van der Waals surface area contributed by atoms with Crippen molar-refractivity contribution in [2.75, 3.05) is 7.05 Å². The van der Waals surface area contributed by atoms with Crippen molar-refractivity contribution in [2.24, 2.45) is 0 Å². The van der Waals surface area contributed by atoms with Gasteiger partial charge in [-0.3, -0.25) is 4.79 Å². The summed E-state index contributed by atoms with van der Waals surface area (Å²) in [6.07, 6.45) is 0.161. The van der Waals surface area contributed by atoms with E-state index < -0.39 is 11.7 Å². The molecule has 0 spiro atoms. The third kappa shape index (κ3) is 5.43. The van der Waals surface area contributed by atoms with E-state index in [1.54, 1.807) is 30.5 Å². The average molecular weight is 421 g/mol. The molecule has 0 saturated carbocycles. The molecule has 2 heterocycles. The Morgan fingerprint density at radius 2 is 2.07 bits per heavy atom. The molecule has 2 aromatic heterocycles. The van der Waals surface area contributed by atoms with Crippen LogP contribution in [0.4, 0.5) is 13.2 Å². The van der Waals surface area contributed by atoms with E-state index in [2.05, 4.69) is 5.10 Å². The molecule has 0 bridgehead atoms. The van der Waals surface area contributed by atoms with Crippen molar-refractivity contribution in [1.82, 2.24) is 14.7 Å². The van der Waals surface area contributed by atoms with Crippen molar-refractivity contribution in [3.8, 4) is 5.75 Å². The number of alkyl halides is 3. The van der Waals surface area contributed by atoms with Gasteiger partial charge >= 0.3 is 6.18 Å². The van der Waals surface area contributed by atoms with E-state index in [1.165, 1.54) is 16.8 Å².